The van der Waals surface area contributed by atoms with Gasteiger partial charge in [-0.15, -0.1) is 0 Å². The fourth-order valence-corrected chi connectivity index (χ4v) is 3.53. The van der Waals surface area contributed by atoms with Crippen molar-refractivity contribution in [2.24, 2.45) is 0 Å². The van der Waals surface area contributed by atoms with Crippen molar-refractivity contribution in [3.8, 4) is 5.75 Å². The number of morpholine rings is 1. The number of hydrogen-bond acceptors (Lipinski definition) is 7. The summed E-state index contributed by atoms with van der Waals surface area (Å²) in [6.07, 6.45) is 0. The largest absolute Gasteiger partial charge is 0.477 e. The van der Waals surface area contributed by atoms with Crippen LogP contribution in [0.3, 0.4) is 0 Å². The Kier molecular flexibility index (Phi) is 5.63. The van der Waals surface area contributed by atoms with Crippen LogP contribution in [0.1, 0.15) is 26.3 Å². The molecule has 0 aliphatic carbocycles. The van der Waals surface area contributed by atoms with Gasteiger partial charge in [-0.05, 0) is 23.8 Å². The first-order chi connectivity index (χ1) is 15.0. The van der Waals surface area contributed by atoms with E-state index in [0.717, 1.165) is 4.90 Å². The second-order valence-electron chi connectivity index (χ2n) is 7.08. The van der Waals surface area contributed by atoms with Crippen LogP contribution in [-0.2, 0) is 16.1 Å². The Morgan fingerprint density at radius 1 is 1.06 bits per heavy atom. The molecule has 0 N–H and O–H groups in total. The molecule has 2 aromatic rings. The highest BCUT2D eigenvalue weighted by molar-refractivity contribution is 6.21. The Morgan fingerprint density at radius 3 is 2.32 bits per heavy atom. The molecule has 0 spiro atoms. The summed E-state index contributed by atoms with van der Waals surface area (Å²) >= 11 is 0. The number of nitro benzene ring substituents is 1. The molecule has 160 valence electrons. The smallest absolute Gasteiger partial charge is 0.310 e. The number of nitro groups is 1. The molecule has 2 heterocycles. The number of nitrogens with zero attached hydrogens (tertiary/aromatic N) is 3. The minimum atomic E-state index is -0.611. The van der Waals surface area contributed by atoms with Gasteiger partial charge in [0.05, 0.1) is 35.8 Å². The number of benzene rings is 2. The first kappa shape index (κ1) is 20.5. The van der Waals surface area contributed by atoms with E-state index in [2.05, 4.69) is 0 Å². The topological polar surface area (TPSA) is 119 Å². The van der Waals surface area contributed by atoms with Crippen LogP contribution >= 0.6 is 0 Å². The molecule has 1 fully saturated rings. The quantitative estimate of drug-likeness (QED) is 0.392. The number of rotatable bonds is 6. The van der Waals surface area contributed by atoms with Crippen molar-refractivity contribution in [2.45, 2.75) is 6.54 Å². The Labute approximate surface area is 177 Å². The molecular formula is C21H19N3O7. The monoisotopic (exact) mass is 425 g/mol. The molecule has 0 aromatic heterocycles. The van der Waals surface area contributed by atoms with Crippen LogP contribution in [-0.4, -0.2) is 65.4 Å². The summed E-state index contributed by atoms with van der Waals surface area (Å²) in [6, 6.07) is 10.6. The number of ether oxygens (including phenoxy) is 2. The molecule has 0 radical (unpaired) electrons. The fourth-order valence-electron chi connectivity index (χ4n) is 3.53. The summed E-state index contributed by atoms with van der Waals surface area (Å²) in [5.74, 6) is -1.25. The van der Waals surface area contributed by atoms with Crippen molar-refractivity contribution in [3.05, 3.63) is 69.3 Å². The molecule has 3 amide bonds. The second kappa shape index (κ2) is 8.52. The molecule has 0 bridgehead atoms. The van der Waals surface area contributed by atoms with E-state index >= 15 is 0 Å². The van der Waals surface area contributed by atoms with Crippen molar-refractivity contribution in [2.75, 3.05) is 32.9 Å². The lowest BCUT2D eigenvalue weighted by atomic mass is 10.1. The highest BCUT2D eigenvalue weighted by Crippen LogP contribution is 2.30. The molecule has 10 nitrogen and oxygen atoms in total. The fraction of sp³-hybridized carbons (Fsp3) is 0.286. The number of carbonyl (C=O) groups excluding carboxylic acids is 3. The molecule has 4 rings (SSSR count). The normalized spacial score (nSPS) is 15.7. The summed E-state index contributed by atoms with van der Waals surface area (Å²) in [6.45, 7) is 1.30. The summed E-state index contributed by atoms with van der Waals surface area (Å²) in [4.78, 5) is 50.8. The SMILES string of the molecule is O=C(COc1cc(CN2C(=O)c3ccccc3C2=O)ccc1[N+](=O)[O-])N1CCOCC1. The van der Waals surface area contributed by atoms with Gasteiger partial charge < -0.3 is 14.4 Å². The van der Waals surface area contributed by atoms with Crippen LogP contribution in [0, 0.1) is 10.1 Å². The summed E-state index contributed by atoms with van der Waals surface area (Å²) < 4.78 is 10.7. The number of amides is 3. The Bertz CT molecular complexity index is 1030. The van der Waals surface area contributed by atoms with Crippen molar-refractivity contribution < 1.29 is 28.8 Å². The molecule has 10 heteroatoms. The highest BCUT2D eigenvalue weighted by atomic mass is 16.6. The van der Waals surface area contributed by atoms with Gasteiger partial charge >= 0.3 is 5.69 Å². The van der Waals surface area contributed by atoms with Gasteiger partial charge in [0.1, 0.15) is 0 Å². The lowest BCUT2D eigenvalue weighted by Crippen LogP contribution is -2.43. The van der Waals surface area contributed by atoms with Gasteiger partial charge in [0.25, 0.3) is 17.7 Å². The third-order valence-electron chi connectivity index (χ3n) is 5.15. The molecule has 0 unspecified atom stereocenters. The van der Waals surface area contributed by atoms with Gasteiger partial charge in [-0.1, -0.05) is 18.2 Å². The van der Waals surface area contributed by atoms with Crippen molar-refractivity contribution in [1.82, 2.24) is 9.80 Å². The van der Waals surface area contributed by atoms with Crippen molar-refractivity contribution in [1.29, 1.82) is 0 Å². The molecule has 31 heavy (non-hydrogen) atoms. The second-order valence-corrected chi connectivity index (χ2v) is 7.08. The predicted octanol–water partition coefficient (Wildman–Crippen LogP) is 1.63. The number of hydrogen-bond donors (Lipinski definition) is 0. The molecule has 2 aliphatic rings. The third kappa shape index (κ3) is 4.10. The molecule has 0 atom stereocenters. The average Bonchev–Trinajstić information content (AvgIpc) is 3.03. The Morgan fingerprint density at radius 2 is 1.71 bits per heavy atom. The van der Waals surface area contributed by atoms with Crippen molar-refractivity contribution >= 4 is 23.4 Å². The number of fused-ring (bicyclic) bond motifs is 1. The van der Waals surface area contributed by atoms with E-state index in [0.29, 0.717) is 43.0 Å². The minimum Gasteiger partial charge on any atom is -0.477 e. The van der Waals surface area contributed by atoms with Crippen LogP contribution in [0.2, 0.25) is 0 Å². The van der Waals surface area contributed by atoms with E-state index in [1.807, 2.05) is 0 Å². The van der Waals surface area contributed by atoms with Crippen LogP contribution in [0.15, 0.2) is 42.5 Å². The standard InChI is InChI=1S/C21H19N3O7/c25-19(22-7-9-30-10-8-22)13-31-18-11-14(5-6-17(18)24(28)29)12-23-20(26)15-3-1-2-4-16(15)21(23)27/h1-6,11H,7-10,12-13H2. The number of carbonyl (C=O) groups is 3. The van der Waals surface area contributed by atoms with E-state index < -0.39 is 16.7 Å². The van der Waals surface area contributed by atoms with Crippen LogP contribution in [0.5, 0.6) is 5.75 Å². The zero-order valence-electron chi connectivity index (χ0n) is 16.5. The highest BCUT2D eigenvalue weighted by Gasteiger charge is 2.35. The minimum absolute atomic E-state index is 0.0713. The van der Waals surface area contributed by atoms with E-state index in [1.54, 1.807) is 29.2 Å². The van der Waals surface area contributed by atoms with E-state index in [-0.39, 0.29) is 30.5 Å². The van der Waals surface area contributed by atoms with E-state index in [9.17, 15) is 24.5 Å². The first-order valence-corrected chi connectivity index (χ1v) is 9.66. The van der Waals surface area contributed by atoms with Crippen LogP contribution in [0.4, 0.5) is 5.69 Å². The lowest BCUT2D eigenvalue weighted by molar-refractivity contribution is -0.385. The van der Waals surface area contributed by atoms with E-state index in [4.69, 9.17) is 9.47 Å². The number of imide groups is 1. The predicted molar refractivity (Wildman–Crippen MR) is 107 cm³/mol. The summed E-state index contributed by atoms with van der Waals surface area (Å²) in [5, 5.41) is 11.4. The lowest BCUT2D eigenvalue weighted by Gasteiger charge is -2.26. The summed E-state index contributed by atoms with van der Waals surface area (Å²) in [5.41, 5.74) is 0.804. The average molecular weight is 425 g/mol. The van der Waals surface area contributed by atoms with E-state index in [1.165, 1.54) is 18.2 Å². The molecule has 2 aromatic carbocycles. The Hall–Kier alpha value is -3.79. The van der Waals surface area contributed by atoms with Gasteiger partial charge in [-0.25, -0.2) is 0 Å². The summed E-state index contributed by atoms with van der Waals surface area (Å²) in [7, 11) is 0. The van der Waals surface area contributed by atoms with Gasteiger partial charge in [0, 0.05) is 19.2 Å². The molecule has 1 saturated heterocycles. The maximum atomic E-state index is 12.6. The molecule has 2 aliphatic heterocycles. The van der Waals surface area contributed by atoms with Crippen molar-refractivity contribution in [3.63, 3.8) is 0 Å². The van der Waals surface area contributed by atoms with Gasteiger partial charge in [-0.2, -0.15) is 0 Å². The van der Waals surface area contributed by atoms with Gasteiger partial charge in [-0.3, -0.25) is 29.4 Å². The molecular weight excluding hydrogens is 406 g/mol. The zero-order valence-corrected chi connectivity index (χ0v) is 16.5. The zero-order chi connectivity index (χ0) is 22.0. The maximum absolute atomic E-state index is 12.6. The van der Waals surface area contributed by atoms with Crippen LogP contribution < -0.4 is 4.74 Å². The maximum Gasteiger partial charge on any atom is 0.310 e. The Balaban J connectivity index is 1.51. The first-order valence-electron chi connectivity index (χ1n) is 9.66. The van der Waals surface area contributed by atoms with Gasteiger partial charge in [0.15, 0.2) is 12.4 Å². The third-order valence-corrected chi connectivity index (χ3v) is 5.15. The van der Waals surface area contributed by atoms with Gasteiger partial charge in [0.2, 0.25) is 0 Å². The van der Waals surface area contributed by atoms with Crippen LogP contribution in [0.25, 0.3) is 0 Å². The molecule has 0 saturated carbocycles.